The molecule has 0 spiro atoms. The minimum Gasteiger partial charge on any atom is -0.399 e. The van der Waals surface area contributed by atoms with E-state index in [-0.39, 0.29) is 5.02 Å². The zero-order valence-corrected chi connectivity index (χ0v) is 15.7. The predicted octanol–water partition coefficient (Wildman–Crippen LogP) is 2.77. The molecule has 0 bridgehead atoms. The Morgan fingerprint density at radius 3 is 2.44 bits per heavy atom. The number of rotatable bonds is 1. The highest BCUT2D eigenvalue weighted by atomic mass is 35.5. The molecule has 4 rings (SSSR count). The van der Waals surface area contributed by atoms with E-state index in [9.17, 15) is 0 Å². The molecule has 5 nitrogen and oxygen atoms in total. The van der Waals surface area contributed by atoms with Crippen molar-refractivity contribution in [2.24, 2.45) is 0 Å². The molecule has 0 aliphatic carbocycles. The van der Waals surface area contributed by atoms with Crippen LogP contribution in [0.3, 0.4) is 0 Å². The standard InChI is InChI=1S/C17H20BClFN3O2/c1-9-21-22-12-7-6-10-8-11(14(20)13(19)15(10)23(9)12)18-24-16(2,3)17(4,5)25-18/h8H,6-7H2,1-5H3. The lowest BCUT2D eigenvalue weighted by atomic mass is 9.77. The van der Waals surface area contributed by atoms with E-state index >= 15 is 4.39 Å². The van der Waals surface area contributed by atoms with Gasteiger partial charge in [0.15, 0.2) is 0 Å². The highest BCUT2D eigenvalue weighted by Crippen LogP contribution is 2.38. The van der Waals surface area contributed by atoms with E-state index in [2.05, 4.69) is 10.2 Å². The summed E-state index contributed by atoms with van der Waals surface area (Å²) in [7, 11) is -0.781. The second-order valence-corrected chi connectivity index (χ2v) is 8.07. The Balaban J connectivity index is 1.84. The fourth-order valence-electron chi connectivity index (χ4n) is 3.37. The fraction of sp³-hybridized carbons (Fsp3) is 0.529. The minimum atomic E-state index is -0.781. The van der Waals surface area contributed by atoms with E-state index in [0.29, 0.717) is 17.0 Å². The van der Waals surface area contributed by atoms with Crippen molar-refractivity contribution in [3.63, 3.8) is 0 Å². The van der Waals surface area contributed by atoms with Crippen LogP contribution in [0.1, 0.15) is 44.9 Å². The summed E-state index contributed by atoms with van der Waals surface area (Å²) in [5.41, 5.74) is 0.848. The van der Waals surface area contributed by atoms with Crippen LogP contribution in [-0.2, 0) is 22.2 Å². The van der Waals surface area contributed by atoms with Crippen LogP contribution < -0.4 is 5.46 Å². The maximum Gasteiger partial charge on any atom is 0.497 e. The fourth-order valence-corrected chi connectivity index (χ4v) is 3.69. The van der Waals surface area contributed by atoms with Crippen LogP contribution in [0.2, 0.25) is 5.02 Å². The molecule has 1 saturated heterocycles. The molecule has 3 heterocycles. The highest BCUT2D eigenvalue weighted by Gasteiger charge is 2.52. The van der Waals surface area contributed by atoms with Crippen LogP contribution in [0.4, 0.5) is 4.39 Å². The molecule has 25 heavy (non-hydrogen) atoms. The van der Waals surface area contributed by atoms with Crippen molar-refractivity contribution in [3.05, 3.63) is 34.1 Å². The van der Waals surface area contributed by atoms with E-state index in [1.165, 1.54) is 0 Å². The van der Waals surface area contributed by atoms with Crippen molar-refractivity contribution in [3.8, 4) is 5.69 Å². The lowest BCUT2D eigenvalue weighted by Gasteiger charge is -2.32. The number of nitrogens with zero attached hydrogens (tertiary/aromatic N) is 3. The monoisotopic (exact) mass is 363 g/mol. The van der Waals surface area contributed by atoms with Gasteiger partial charge in [0.05, 0.1) is 16.9 Å². The van der Waals surface area contributed by atoms with Crippen molar-refractivity contribution >= 4 is 24.2 Å². The van der Waals surface area contributed by atoms with E-state index in [4.69, 9.17) is 20.9 Å². The second kappa shape index (κ2) is 5.28. The summed E-state index contributed by atoms with van der Waals surface area (Å²) >= 11 is 6.43. The first-order chi connectivity index (χ1) is 11.6. The third-order valence-electron chi connectivity index (χ3n) is 5.53. The molecule has 132 valence electrons. The molecular formula is C17H20BClFN3O2. The molecule has 2 aliphatic rings. The minimum absolute atomic E-state index is 0.0612. The van der Waals surface area contributed by atoms with Gasteiger partial charge in [0, 0.05) is 11.9 Å². The SMILES string of the molecule is Cc1nnc2n1-c1c(cc(B3OC(C)(C)C(C)(C)O3)c(F)c1Cl)CC2. The summed E-state index contributed by atoms with van der Waals surface area (Å²) in [6, 6.07) is 1.81. The van der Waals surface area contributed by atoms with Gasteiger partial charge >= 0.3 is 7.12 Å². The smallest absolute Gasteiger partial charge is 0.399 e. The Kier molecular flexibility index (Phi) is 3.59. The van der Waals surface area contributed by atoms with Crippen LogP contribution >= 0.6 is 11.6 Å². The Labute approximate surface area is 151 Å². The largest absolute Gasteiger partial charge is 0.497 e. The van der Waals surface area contributed by atoms with Gasteiger partial charge in [-0.2, -0.15) is 0 Å². The average Bonchev–Trinajstić information content (AvgIpc) is 3.00. The second-order valence-electron chi connectivity index (χ2n) is 7.69. The van der Waals surface area contributed by atoms with Gasteiger partial charge in [0.25, 0.3) is 0 Å². The van der Waals surface area contributed by atoms with Gasteiger partial charge in [-0.15, -0.1) is 10.2 Å². The zero-order chi connectivity index (χ0) is 18.1. The first-order valence-corrected chi connectivity index (χ1v) is 8.78. The van der Waals surface area contributed by atoms with Crippen LogP contribution in [0, 0.1) is 12.7 Å². The molecule has 0 N–H and O–H groups in total. The van der Waals surface area contributed by atoms with Crippen LogP contribution in [-0.4, -0.2) is 33.1 Å². The van der Waals surface area contributed by atoms with Gasteiger partial charge in [-0.1, -0.05) is 17.7 Å². The summed E-state index contributed by atoms with van der Waals surface area (Å²) in [5.74, 6) is 0.982. The number of benzene rings is 1. The number of aryl methyl sites for hydroxylation is 3. The molecule has 0 radical (unpaired) electrons. The summed E-state index contributed by atoms with van der Waals surface area (Å²) < 4.78 is 29.0. The third kappa shape index (κ3) is 2.36. The molecule has 2 aromatic rings. The van der Waals surface area contributed by atoms with E-state index in [1.807, 2.05) is 39.2 Å². The number of fused-ring (bicyclic) bond motifs is 3. The normalized spacial score (nSPS) is 20.5. The van der Waals surface area contributed by atoms with E-state index in [1.54, 1.807) is 6.07 Å². The topological polar surface area (TPSA) is 49.2 Å². The average molecular weight is 364 g/mol. The number of hydrogen-bond donors (Lipinski definition) is 0. The molecule has 0 amide bonds. The molecule has 1 fully saturated rings. The summed E-state index contributed by atoms with van der Waals surface area (Å²) in [5, 5.41) is 8.30. The van der Waals surface area contributed by atoms with Crippen LogP contribution in [0.25, 0.3) is 5.69 Å². The Hall–Kier alpha value is -1.44. The van der Waals surface area contributed by atoms with Gasteiger partial charge in [-0.25, -0.2) is 4.39 Å². The summed E-state index contributed by atoms with van der Waals surface area (Å²) in [6.45, 7) is 9.60. The Morgan fingerprint density at radius 1 is 1.16 bits per heavy atom. The number of aromatic nitrogens is 3. The molecule has 0 saturated carbocycles. The van der Waals surface area contributed by atoms with Crippen molar-refractivity contribution in [1.29, 1.82) is 0 Å². The van der Waals surface area contributed by atoms with Crippen molar-refractivity contribution in [1.82, 2.24) is 14.8 Å². The maximum atomic E-state index is 15.1. The molecular weight excluding hydrogens is 343 g/mol. The Morgan fingerprint density at radius 2 is 1.80 bits per heavy atom. The molecule has 0 atom stereocenters. The van der Waals surface area contributed by atoms with E-state index < -0.39 is 24.1 Å². The van der Waals surface area contributed by atoms with Gasteiger partial charge in [0.1, 0.15) is 22.5 Å². The van der Waals surface area contributed by atoms with Crippen LogP contribution in [0.5, 0.6) is 0 Å². The summed E-state index contributed by atoms with van der Waals surface area (Å²) in [6.07, 6.45) is 1.46. The lowest BCUT2D eigenvalue weighted by Crippen LogP contribution is -2.41. The van der Waals surface area contributed by atoms with E-state index in [0.717, 1.165) is 24.2 Å². The third-order valence-corrected chi connectivity index (χ3v) is 5.87. The lowest BCUT2D eigenvalue weighted by molar-refractivity contribution is 0.00578. The van der Waals surface area contributed by atoms with Crippen LogP contribution in [0.15, 0.2) is 6.07 Å². The summed E-state index contributed by atoms with van der Waals surface area (Å²) in [4.78, 5) is 0. The highest BCUT2D eigenvalue weighted by molar-refractivity contribution is 6.62. The van der Waals surface area contributed by atoms with Crippen molar-refractivity contribution < 1.29 is 13.7 Å². The first kappa shape index (κ1) is 17.0. The van der Waals surface area contributed by atoms with Crippen molar-refractivity contribution in [2.75, 3.05) is 0 Å². The van der Waals surface area contributed by atoms with Crippen molar-refractivity contribution in [2.45, 2.75) is 58.7 Å². The van der Waals surface area contributed by atoms with Gasteiger partial charge in [-0.3, -0.25) is 4.57 Å². The number of halogens is 2. The molecule has 8 heteroatoms. The number of hydrogen-bond acceptors (Lipinski definition) is 4. The molecule has 0 unspecified atom stereocenters. The Bertz CT molecular complexity index is 865. The molecule has 1 aromatic heterocycles. The molecule has 1 aromatic carbocycles. The first-order valence-electron chi connectivity index (χ1n) is 8.40. The predicted molar refractivity (Wildman–Crippen MR) is 94.2 cm³/mol. The van der Waals surface area contributed by atoms with Gasteiger partial charge in [-0.05, 0) is 46.6 Å². The van der Waals surface area contributed by atoms with Gasteiger partial charge in [0.2, 0.25) is 0 Å². The quantitative estimate of drug-likeness (QED) is 0.731. The zero-order valence-electron chi connectivity index (χ0n) is 15.0. The maximum absolute atomic E-state index is 15.1. The molecule has 2 aliphatic heterocycles. The van der Waals surface area contributed by atoms with Gasteiger partial charge < -0.3 is 9.31 Å².